The first-order chi connectivity index (χ1) is 7.52. The molecule has 16 heavy (non-hydrogen) atoms. The molecule has 0 saturated carbocycles. The summed E-state index contributed by atoms with van der Waals surface area (Å²) >= 11 is 0. The summed E-state index contributed by atoms with van der Waals surface area (Å²) in [6, 6.07) is 8.74. The summed E-state index contributed by atoms with van der Waals surface area (Å²) < 4.78 is 0. The van der Waals surface area contributed by atoms with Gasteiger partial charge in [0.2, 0.25) is 0 Å². The molecule has 0 saturated heterocycles. The van der Waals surface area contributed by atoms with Crippen LogP contribution in [-0.2, 0) is 9.59 Å². The van der Waals surface area contributed by atoms with Crippen LogP contribution in [0.4, 0.5) is 0 Å². The Morgan fingerprint density at radius 2 is 1.81 bits per heavy atom. The molecule has 3 nitrogen and oxygen atoms in total. The Hall–Kier alpha value is -1.48. The maximum Gasteiger partial charge on any atom is 0.166 e. The Balaban J connectivity index is 2.65. The third-order valence-electron chi connectivity index (χ3n) is 2.62. The second-order valence-electron chi connectivity index (χ2n) is 4.00. The number of aliphatic hydroxyl groups is 1. The fraction of sp³-hybridized carbons (Fsp3) is 0.385. The standard InChI is InChI=1S/C13H16O3/c1-9(10(2)14)8-12(15)13(16)11-6-4-3-5-7-11/h3-7,9,13,16H,8H2,1-2H3/t9-,13+/m1/s1. The van der Waals surface area contributed by atoms with Crippen LogP contribution in [0.25, 0.3) is 0 Å². The maximum atomic E-state index is 11.7. The molecule has 1 aromatic carbocycles. The van der Waals surface area contributed by atoms with Crippen molar-refractivity contribution in [3.63, 3.8) is 0 Å². The number of benzene rings is 1. The molecule has 0 aliphatic heterocycles. The van der Waals surface area contributed by atoms with Crippen molar-refractivity contribution >= 4 is 11.6 Å². The Labute approximate surface area is 95.1 Å². The van der Waals surface area contributed by atoms with E-state index < -0.39 is 6.10 Å². The average molecular weight is 220 g/mol. The number of Topliss-reactive ketones (excluding diaryl/α,β-unsaturated/α-hetero) is 2. The molecule has 0 aromatic heterocycles. The quantitative estimate of drug-likeness (QED) is 0.824. The lowest BCUT2D eigenvalue weighted by Gasteiger charge is -2.12. The van der Waals surface area contributed by atoms with E-state index in [-0.39, 0.29) is 23.9 Å². The lowest BCUT2D eigenvalue weighted by atomic mass is 9.95. The van der Waals surface area contributed by atoms with Crippen molar-refractivity contribution in [2.45, 2.75) is 26.4 Å². The van der Waals surface area contributed by atoms with Gasteiger partial charge in [0.1, 0.15) is 11.9 Å². The third kappa shape index (κ3) is 3.28. The van der Waals surface area contributed by atoms with E-state index in [0.29, 0.717) is 5.56 Å². The van der Waals surface area contributed by atoms with Gasteiger partial charge >= 0.3 is 0 Å². The van der Waals surface area contributed by atoms with Crippen LogP contribution in [0.1, 0.15) is 31.9 Å². The topological polar surface area (TPSA) is 54.4 Å². The van der Waals surface area contributed by atoms with Gasteiger partial charge in [0.05, 0.1) is 0 Å². The van der Waals surface area contributed by atoms with Gasteiger partial charge < -0.3 is 5.11 Å². The predicted molar refractivity (Wildman–Crippen MR) is 60.9 cm³/mol. The molecular formula is C13H16O3. The third-order valence-corrected chi connectivity index (χ3v) is 2.62. The van der Waals surface area contributed by atoms with Gasteiger partial charge in [-0.2, -0.15) is 0 Å². The number of carbonyl (C=O) groups is 2. The van der Waals surface area contributed by atoms with Gasteiger partial charge in [0, 0.05) is 12.3 Å². The van der Waals surface area contributed by atoms with Crippen molar-refractivity contribution in [1.29, 1.82) is 0 Å². The van der Waals surface area contributed by atoms with E-state index in [4.69, 9.17) is 0 Å². The molecule has 0 bridgehead atoms. The SMILES string of the molecule is CC(=O)[C@H](C)CC(=O)[C@@H](O)c1ccccc1. The number of rotatable bonds is 5. The minimum absolute atomic E-state index is 0.0337. The highest BCUT2D eigenvalue weighted by molar-refractivity contribution is 5.89. The zero-order valence-corrected chi connectivity index (χ0v) is 9.51. The monoisotopic (exact) mass is 220 g/mol. The summed E-state index contributed by atoms with van der Waals surface area (Å²) in [5, 5.41) is 9.76. The highest BCUT2D eigenvalue weighted by Gasteiger charge is 2.21. The normalized spacial score (nSPS) is 14.2. The maximum absolute atomic E-state index is 11.7. The van der Waals surface area contributed by atoms with Crippen molar-refractivity contribution in [3.05, 3.63) is 35.9 Å². The van der Waals surface area contributed by atoms with E-state index in [0.717, 1.165) is 0 Å². The second kappa shape index (κ2) is 5.56. The Morgan fingerprint density at radius 3 is 2.31 bits per heavy atom. The highest BCUT2D eigenvalue weighted by Crippen LogP contribution is 2.17. The molecule has 2 atom stereocenters. The van der Waals surface area contributed by atoms with Crippen LogP contribution in [0.5, 0.6) is 0 Å². The molecule has 1 rings (SSSR count). The summed E-state index contributed by atoms with van der Waals surface area (Å²) in [6.45, 7) is 3.14. The minimum Gasteiger partial charge on any atom is -0.381 e. The molecule has 0 spiro atoms. The predicted octanol–water partition coefficient (Wildman–Crippen LogP) is 1.90. The molecule has 0 amide bonds. The summed E-state index contributed by atoms with van der Waals surface area (Å²) in [4.78, 5) is 22.7. The van der Waals surface area contributed by atoms with Gasteiger partial charge in [-0.1, -0.05) is 37.3 Å². The van der Waals surface area contributed by atoms with Gasteiger partial charge in [-0.3, -0.25) is 9.59 Å². The van der Waals surface area contributed by atoms with Crippen molar-refractivity contribution in [3.8, 4) is 0 Å². The minimum atomic E-state index is -1.12. The molecule has 3 heteroatoms. The number of ketones is 2. The van der Waals surface area contributed by atoms with Crippen LogP contribution in [-0.4, -0.2) is 16.7 Å². The van der Waals surface area contributed by atoms with Crippen molar-refractivity contribution in [1.82, 2.24) is 0 Å². The first kappa shape index (κ1) is 12.6. The van der Waals surface area contributed by atoms with Crippen LogP contribution in [0.3, 0.4) is 0 Å². The van der Waals surface area contributed by atoms with E-state index in [1.54, 1.807) is 31.2 Å². The molecule has 0 aliphatic carbocycles. The molecular weight excluding hydrogens is 204 g/mol. The molecule has 1 N–H and O–H groups in total. The molecule has 1 aromatic rings. The highest BCUT2D eigenvalue weighted by atomic mass is 16.3. The molecule has 0 aliphatic rings. The summed E-state index contributed by atoms with van der Waals surface area (Å²) in [5.74, 6) is -0.673. The first-order valence-corrected chi connectivity index (χ1v) is 5.28. The summed E-state index contributed by atoms with van der Waals surface area (Å²) in [5.41, 5.74) is 0.572. The summed E-state index contributed by atoms with van der Waals surface area (Å²) in [6.07, 6.45) is -1.03. The fourth-order valence-electron chi connectivity index (χ4n) is 1.38. The lowest BCUT2D eigenvalue weighted by Crippen LogP contribution is -2.18. The zero-order chi connectivity index (χ0) is 12.1. The van der Waals surface area contributed by atoms with Gasteiger partial charge in [-0.15, -0.1) is 0 Å². The van der Waals surface area contributed by atoms with E-state index in [1.807, 2.05) is 6.07 Å². The van der Waals surface area contributed by atoms with Gasteiger partial charge in [0.15, 0.2) is 5.78 Å². The van der Waals surface area contributed by atoms with Crippen LogP contribution < -0.4 is 0 Å². The van der Waals surface area contributed by atoms with Crippen LogP contribution in [0, 0.1) is 5.92 Å². The number of hydrogen-bond donors (Lipinski definition) is 1. The Bertz CT molecular complexity index is 370. The van der Waals surface area contributed by atoms with Crippen LogP contribution >= 0.6 is 0 Å². The second-order valence-corrected chi connectivity index (χ2v) is 4.00. The fourth-order valence-corrected chi connectivity index (χ4v) is 1.38. The van der Waals surface area contributed by atoms with Gasteiger partial charge in [-0.25, -0.2) is 0 Å². The molecule has 0 radical (unpaired) electrons. The molecule has 0 heterocycles. The molecule has 86 valence electrons. The average Bonchev–Trinajstić information content (AvgIpc) is 2.28. The first-order valence-electron chi connectivity index (χ1n) is 5.28. The molecule has 0 fully saturated rings. The van der Waals surface area contributed by atoms with Crippen molar-refractivity contribution in [2.24, 2.45) is 5.92 Å². The van der Waals surface area contributed by atoms with Gasteiger partial charge in [-0.05, 0) is 12.5 Å². The van der Waals surface area contributed by atoms with E-state index in [2.05, 4.69) is 0 Å². The molecule has 0 unspecified atom stereocenters. The van der Waals surface area contributed by atoms with Crippen molar-refractivity contribution < 1.29 is 14.7 Å². The number of carbonyl (C=O) groups excluding carboxylic acids is 2. The number of aliphatic hydroxyl groups excluding tert-OH is 1. The smallest absolute Gasteiger partial charge is 0.166 e. The van der Waals surface area contributed by atoms with E-state index >= 15 is 0 Å². The van der Waals surface area contributed by atoms with E-state index in [1.165, 1.54) is 6.92 Å². The number of hydrogen-bond acceptors (Lipinski definition) is 3. The Kier molecular flexibility index (Phi) is 4.38. The van der Waals surface area contributed by atoms with Crippen molar-refractivity contribution in [2.75, 3.05) is 0 Å². The van der Waals surface area contributed by atoms with Crippen LogP contribution in [0.2, 0.25) is 0 Å². The summed E-state index contributed by atoms with van der Waals surface area (Å²) in [7, 11) is 0. The largest absolute Gasteiger partial charge is 0.381 e. The van der Waals surface area contributed by atoms with Gasteiger partial charge in [0.25, 0.3) is 0 Å². The van der Waals surface area contributed by atoms with Crippen LogP contribution in [0.15, 0.2) is 30.3 Å². The Morgan fingerprint density at radius 1 is 1.25 bits per heavy atom. The van der Waals surface area contributed by atoms with E-state index in [9.17, 15) is 14.7 Å². The lowest BCUT2D eigenvalue weighted by molar-refractivity contribution is -0.131. The zero-order valence-electron chi connectivity index (χ0n) is 9.51.